The van der Waals surface area contributed by atoms with Crippen LogP contribution in [0.25, 0.3) is 5.57 Å². The molecule has 1 unspecified atom stereocenters. The van der Waals surface area contributed by atoms with Crippen LogP contribution >= 0.6 is 15.9 Å². The summed E-state index contributed by atoms with van der Waals surface area (Å²) in [6.07, 6.45) is 8.07. The number of nitrogens with one attached hydrogen (secondary N) is 1. The Morgan fingerprint density at radius 2 is 2.05 bits per heavy atom. The number of nitriles is 1. The van der Waals surface area contributed by atoms with Crippen molar-refractivity contribution in [2.75, 3.05) is 7.11 Å². The third-order valence-corrected chi connectivity index (χ3v) is 4.17. The van der Waals surface area contributed by atoms with Gasteiger partial charge in [0.1, 0.15) is 5.76 Å². The second-order valence-electron chi connectivity index (χ2n) is 4.75. The first-order valence-corrected chi connectivity index (χ1v) is 7.33. The molecule has 104 valence electrons. The number of halogens is 1. The predicted molar refractivity (Wildman–Crippen MR) is 86.2 cm³/mol. The van der Waals surface area contributed by atoms with Crippen molar-refractivity contribution in [1.29, 1.82) is 5.26 Å². The number of hydrogen-bond acceptors (Lipinski definition) is 3. The van der Waals surface area contributed by atoms with Gasteiger partial charge in [0.15, 0.2) is 0 Å². The van der Waals surface area contributed by atoms with Crippen LogP contribution in [-0.4, -0.2) is 13.2 Å². The largest absolute Gasteiger partial charge is 0.495 e. The Bertz CT molecular complexity index is 733. The molecule has 1 aliphatic heterocycles. The summed E-state index contributed by atoms with van der Waals surface area (Å²) in [6.45, 7) is 0. The molecule has 1 heterocycles. The zero-order chi connectivity index (χ0) is 14.8. The lowest BCUT2D eigenvalue weighted by Gasteiger charge is -2.30. The molecule has 0 amide bonds. The summed E-state index contributed by atoms with van der Waals surface area (Å²) in [5, 5.41) is 12.3. The number of dihydropyridines is 1. The second-order valence-corrected chi connectivity index (χ2v) is 5.61. The molecule has 0 radical (unpaired) electrons. The molecular weight excluding hydrogens is 328 g/mol. The van der Waals surface area contributed by atoms with Crippen molar-refractivity contribution in [3.63, 3.8) is 0 Å². The van der Waals surface area contributed by atoms with E-state index in [1.807, 2.05) is 36.5 Å². The van der Waals surface area contributed by atoms with E-state index in [4.69, 9.17) is 10.00 Å². The lowest BCUT2D eigenvalue weighted by Crippen LogP contribution is -2.33. The first-order chi connectivity index (χ1) is 10.2. The Morgan fingerprint density at radius 1 is 1.29 bits per heavy atom. The van der Waals surface area contributed by atoms with Gasteiger partial charge < -0.3 is 10.1 Å². The van der Waals surface area contributed by atoms with Crippen molar-refractivity contribution in [3.05, 3.63) is 75.6 Å². The maximum atomic E-state index is 8.90. The summed E-state index contributed by atoms with van der Waals surface area (Å²) >= 11 is 3.50. The van der Waals surface area contributed by atoms with Crippen molar-refractivity contribution in [3.8, 4) is 6.07 Å². The van der Waals surface area contributed by atoms with Gasteiger partial charge in [-0.1, -0.05) is 30.4 Å². The Labute approximate surface area is 132 Å². The normalized spacial score (nSPS) is 20.0. The van der Waals surface area contributed by atoms with Crippen molar-refractivity contribution < 1.29 is 4.74 Å². The van der Waals surface area contributed by atoms with Crippen LogP contribution in [0.5, 0.6) is 0 Å². The van der Waals surface area contributed by atoms with Crippen LogP contribution in [0.4, 0.5) is 0 Å². The molecule has 1 N–H and O–H groups in total. The first kappa shape index (κ1) is 13.7. The Kier molecular flexibility index (Phi) is 3.68. The third-order valence-electron chi connectivity index (χ3n) is 3.58. The zero-order valence-electron chi connectivity index (χ0n) is 11.4. The molecule has 4 heteroatoms. The number of hydrogen-bond donors (Lipinski definition) is 1. The van der Waals surface area contributed by atoms with E-state index in [-0.39, 0.29) is 6.04 Å². The zero-order valence-corrected chi connectivity index (χ0v) is 13.0. The van der Waals surface area contributed by atoms with Crippen molar-refractivity contribution >= 4 is 21.5 Å². The number of allylic oxidation sites excluding steroid dienone is 3. The monoisotopic (exact) mass is 340 g/mol. The topological polar surface area (TPSA) is 45.0 Å². The summed E-state index contributed by atoms with van der Waals surface area (Å²) in [5.74, 6) is 0.842. The van der Waals surface area contributed by atoms with Gasteiger partial charge in [-0.05, 0) is 39.2 Å². The molecule has 0 bridgehead atoms. The summed E-state index contributed by atoms with van der Waals surface area (Å²) in [5.41, 5.74) is 4.00. The van der Waals surface area contributed by atoms with Gasteiger partial charge in [0.2, 0.25) is 0 Å². The van der Waals surface area contributed by atoms with Gasteiger partial charge in [0.25, 0.3) is 0 Å². The Morgan fingerprint density at radius 3 is 2.71 bits per heavy atom. The van der Waals surface area contributed by atoms with Gasteiger partial charge in [-0.15, -0.1) is 0 Å². The Hall–Kier alpha value is -2.25. The average Bonchev–Trinajstić information content (AvgIpc) is 2.54. The van der Waals surface area contributed by atoms with Crippen LogP contribution in [0.15, 0.2) is 64.5 Å². The van der Waals surface area contributed by atoms with Gasteiger partial charge in [-0.25, -0.2) is 0 Å². The van der Waals surface area contributed by atoms with Crippen molar-refractivity contribution in [1.82, 2.24) is 5.32 Å². The number of nitrogens with zero attached hydrogens (tertiary/aromatic N) is 1. The average molecular weight is 341 g/mol. The van der Waals surface area contributed by atoms with Crippen molar-refractivity contribution in [2.24, 2.45) is 0 Å². The minimum atomic E-state index is 0.0548. The van der Waals surface area contributed by atoms with Gasteiger partial charge in [0, 0.05) is 11.8 Å². The molecule has 1 atom stereocenters. The molecule has 3 rings (SSSR count). The number of fused-ring (bicyclic) bond motifs is 1. The van der Waals surface area contributed by atoms with Crippen LogP contribution < -0.4 is 5.32 Å². The highest BCUT2D eigenvalue weighted by atomic mass is 79.9. The van der Waals surface area contributed by atoms with E-state index in [9.17, 15) is 0 Å². The summed E-state index contributed by atoms with van der Waals surface area (Å²) in [6, 6.07) is 9.82. The molecular formula is C17H13BrN2O. The highest BCUT2D eigenvalue weighted by molar-refractivity contribution is 9.11. The fourth-order valence-electron chi connectivity index (χ4n) is 2.58. The minimum Gasteiger partial charge on any atom is -0.495 e. The van der Waals surface area contributed by atoms with E-state index < -0.39 is 0 Å². The molecule has 0 fully saturated rings. The van der Waals surface area contributed by atoms with Gasteiger partial charge >= 0.3 is 0 Å². The molecule has 2 aliphatic rings. The molecule has 0 saturated heterocycles. The second kappa shape index (κ2) is 5.63. The Balaban J connectivity index is 2.02. The molecule has 1 aromatic carbocycles. The number of rotatable bonds is 2. The maximum absolute atomic E-state index is 8.90. The molecule has 0 spiro atoms. The summed E-state index contributed by atoms with van der Waals surface area (Å²) < 4.78 is 6.40. The predicted octanol–water partition coefficient (Wildman–Crippen LogP) is 3.62. The maximum Gasteiger partial charge on any atom is 0.140 e. The van der Waals surface area contributed by atoms with Crippen LogP contribution in [0.3, 0.4) is 0 Å². The first-order valence-electron chi connectivity index (χ1n) is 6.53. The molecule has 21 heavy (non-hydrogen) atoms. The number of ether oxygens (including phenoxy) is 1. The number of benzene rings is 1. The summed E-state index contributed by atoms with van der Waals surface area (Å²) in [7, 11) is 1.67. The van der Waals surface area contributed by atoms with Crippen LogP contribution in [-0.2, 0) is 4.74 Å². The third kappa shape index (κ3) is 2.41. The number of methoxy groups -OCH3 is 1. The van der Waals surface area contributed by atoms with E-state index in [0.717, 1.165) is 27.0 Å². The highest BCUT2D eigenvalue weighted by Gasteiger charge is 2.27. The van der Waals surface area contributed by atoms with Crippen LogP contribution in [0.1, 0.15) is 11.1 Å². The smallest absolute Gasteiger partial charge is 0.140 e. The SMILES string of the molecule is COC1=C2C=CC=C(c3ccc(C#N)cc3)C2NC=C1Br. The lowest BCUT2D eigenvalue weighted by molar-refractivity contribution is 0.297. The van der Waals surface area contributed by atoms with Crippen LogP contribution in [0, 0.1) is 11.3 Å². The van der Waals surface area contributed by atoms with Crippen molar-refractivity contribution in [2.45, 2.75) is 6.04 Å². The van der Waals surface area contributed by atoms with E-state index >= 15 is 0 Å². The highest BCUT2D eigenvalue weighted by Crippen LogP contribution is 2.35. The standard InChI is InChI=1S/C17H13BrN2O/c1-21-17-14-4-2-3-13(16(14)20-10-15(17)18)12-7-5-11(9-19)6-8-12/h2-8,10,16,20H,1H3. The van der Waals surface area contributed by atoms with E-state index in [2.05, 4.69) is 39.5 Å². The molecule has 0 saturated carbocycles. The van der Waals surface area contributed by atoms with E-state index in [1.54, 1.807) is 7.11 Å². The fraction of sp³-hybridized carbons (Fsp3) is 0.118. The van der Waals surface area contributed by atoms with E-state index in [0.29, 0.717) is 5.56 Å². The van der Waals surface area contributed by atoms with Gasteiger partial charge in [-0.2, -0.15) is 5.26 Å². The molecule has 0 aromatic heterocycles. The molecule has 1 aliphatic carbocycles. The van der Waals surface area contributed by atoms with E-state index in [1.165, 1.54) is 0 Å². The minimum absolute atomic E-state index is 0.0548. The molecule has 1 aromatic rings. The van der Waals surface area contributed by atoms with Crippen LogP contribution in [0.2, 0.25) is 0 Å². The summed E-state index contributed by atoms with van der Waals surface area (Å²) in [4.78, 5) is 0. The molecule has 3 nitrogen and oxygen atoms in total. The van der Waals surface area contributed by atoms with Gasteiger partial charge in [-0.3, -0.25) is 0 Å². The van der Waals surface area contributed by atoms with Gasteiger partial charge in [0.05, 0.1) is 29.3 Å². The fourth-order valence-corrected chi connectivity index (χ4v) is 3.10. The quantitative estimate of drug-likeness (QED) is 0.894. The lowest BCUT2D eigenvalue weighted by atomic mass is 9.87.